The Kier molecular flexibility index (Phi) is 5.10. The van der Waals surface area contributed by atoms with Crippen molar-refractivity contribution < 1.29 is 10.2 Å². The van der Waals surface area contributed by atoms with Gasteiger partial charge >= 0.3 is 0 Å². The molecule has 20 heavy (non-hydrogen) atoms. The molecule has 0 aliphatic heterocycles. The third-order valence-corrected chi connectivity index (χ3v) is 3.43. The van der Waals surface area contributed by atoms with Crippen molar-refractivity contribution in [2.75, 3.05) is 0 Å². The van der Waals surface area contributed by atoms with Gasteiger partial charge in [0, 0.05) is 5.92 Å². The Bertz CT molecular complexity index is 543. The van der Waals surface area contributed by atoms with Crippen LogP contribution in [0.5, 0.6) is 0 Å². The highest BCUT2D eigenvalue weighted by Gasteiger charge is 2.19. The van der Waals surface area contributed by atoms with E-state index in [-0.39, 0.29) is 12.5 Å². The fourth-order valence-corrected chi connectivity index (χ4v) is 2.31. The Balaban J connectivity index is 2.28. The topological polar surface area (TPSA) is 40.5 Å². The molecule has 0 radical (unpaired) electrons. The first-order valence-corrected chi connectivity index (χ1v) is 6.81. The molecule has 0 saturated carbocycles. The molecule has 0 saturated heterocycles. The molecule has 0 fully saturated rings. The summed E-state index contributed by atoms with van der Waals surface area (Å²) >= 11 is 0. The van der Waals surface area contributed by atoms with Gasteiger partial charge in [0.2, 0.25) is 0 Å². The molecular weight excluding hydrogens is 248 g/mol. The van der Waals surface area contributed by atoms with Crippen LogP contribution in [0, 0.1) is 0 Å². The summed E-state index contributed by atoms with van der Waals surface area (Å²) in [5.41, 5.74) is 2.79. The van der Waals surface area contributed by atoms with Crippen LogP contribution in [-0.4, -0.2) is 10.2 Å². The van der Waals surface area contributed by atoms with E-state index in [4.69, 9.17) is 5.11 Å². The molecule has 2 atom stereocenters. The first-order chi connectivity index (χ1) is 9.76. The standard InChI is InChI=1S/C18H20O2/c1-2-6-17(15-7-4-3-5-8-15)18(20)16-11-9-14(13-19)10-12-16/h2-12,17-20H,13H2,1H3/b6-2+. The van der Waals surface area contributed by atoms with Crippen LogP contribution in [0.3, 0.4) is 0 Å². The lowest BCUT2D eigenvalue weighted by Gasteiger charge is -2.21. The molecule has 0 spiro atoms. The van der Waals surface area contributed by atoms with Crippen LogP contribution >= 0.6 is 0 Å². The van der Waals surface area contributed by atoms with Gasteiger partial charge in [-0.2, -0.15) is 0 Å². The maximum atomic E-state index is 10.6. The van der Waals surface area contributed by atoms with E-state index in [9.17, 15) is 5.11 Å². The van der Waals surface area contributed by atoms with Gasteiger partial charge in [-0.05, 0) is 23.6 Å². The molecule has 0 aliphatic rings. The van der Waals surface area contributed by atoms with Crippen molar-refractivity contribution in [3.8, 4) is 0 Å². The fourth-order valence-electron chi connectivity index (χ4n) is 2.31. The first kappa shape index (κ1) is 14.5. The Hall–Kier alpha value is -1.90. The quantitative estimate of drug-likeness (QED) is 0.814. The number of hydrogen-bond donors (Lipinski definition) is 2. The van der Waals surface area contributed by atoms with Crippen LogP contribution < -0.4 is 0 Å². The van der Waals surface area contributed by atoms with E-state index >= 15 is 0 Å². The lowest BCUT2D eigenvalue weighted by molar-refractivity contribution is 0.161. The molecule has 2 aromatic rings. The minimum absolute atomic E-state index is 0.0212. The van der Waals surface area contributed by atoms with Crippen LogP contribution in [0.25, 0.3) is 0 Å². The second-order valence-electron chi connectivity index (χ2n) is 4.81. The third kappa shape index (κ3) is 3.35. The fraction of sp³-hybridized carbons (Fsp3) is 0.222. The van der Waals surface area contributed by atoms with Crippen molar-refractivity contribution in [3.63, 3.8) is 0 Å². The van der Waals surface area contributed by atoms with E-state index in [1.807, 2.05) is 73.7 Å². The molecule has 2 nitrogen and oxygen atoms in total. The summed E-state index contributed by atoms with van der Waals surface area (Å²) < 4.78 is 0. The minimum Gasteiger partial charge on any atom is -0.392 e. The van der Waals surface area contributed by atoms with Crippen molar-refractivity contribution in [2.24, 2.45) is 0 Å². The van der Waals surface area contributed by atoms with Crippen molar-refractivity contribution in [2.45, 2.75) is 25.6 Å². The van der Waals surface area contributed by atoms with Gasteiger partial charge in [-0.25, -0.2) is 0 Å². The largest absolute Gasteiger partial charge is 0.392 e. The van der Waals surface area contributed by atoms with Crippen molar-refractivity contribution in [3.05, 3.63) is 83.4 Å². The van der Waals surface area contributed by atoms with Gasteiger partial charge in [-0.15, -0.1) is 0 Å². The molecule has 0 aromatic heterocycles. The second-order valence-corrected chi connectivity index (χ2v) is 4.81. The summed E-state index contributed by atoms with van der Waals surface area (Å²) in [5, 5.41) is 19.7. The Morgan fingerprint density at radius 1 is 0.950 bits per heavy atom. The number of aliphatic hydroxyl groups is 2. The molecule has 2 aromatic carbocycles. The van der Waals surface area contributed by atoms with Crippen LogP contribution in [0.2, 0.25) is 0 Å². The molecule has 0 amide bonds. The van der Waals surface area contributed by atoms with Gasteiger partial charge in [0.15, 0.2) is 0 Å². The minimum atomic E-state index is -0.596. The molecule has 104 valence electrons. The predicted octanol–water partition coefficient (Wildman–Crippen LogP) is 3.57. The lowest BCUT2D eigenvalue weighted by Crippen LogP contribution is -2.09. The average Bonchev–Trinajstić information content (AvgIpc) is 2.53. The molecule has 0 aliphatic carbocycles. The Labute approximate surface area is 120 Å². The van der Waals surface area contributed by atoms with Crippen LogP contribution in [0.4, 0.5) is 0 Å². The summed E-state index contributed by atoms with van der Waals surface area (Å²) in [6.45, 7) is 1.98. The van der Waals surface area contributed by atoms with Gasteiger partial charge in [-0.1, -0.05) is 66.7 Å². The van der Waals surface area contributed by atoms with E-state index in [1.165, 1.54) is 0 Å². The molecule has 2 N–H and O–H groups in total. The highest BCUT2D eigenvalue weighted by atomic mass is 16.3. The van der Waals surface area contributed by atoms with Crippen LogP contribution in [0.1, 0.15) is 35.6 Å². The number of allylic oxidation sites excluding steroid dienone is 1. The van der Waals surface area contributed by atoms with E-state index in [0.717, 1.165) is 16.7 Å². The zero-order chi connectivity index (χ0) is 14.4. The normalized spacial score (nSPS) is 14.3. The first-order valence-electron chi connectivity index (χ1n) is 6.81. The molecule has 0 heterocycles. The van der Waals surface area contributed by atoms with E-state index in [2.05, 4.69) is 0 Å². The highest BCUT2D eigenvalue weighted by molar-refractivity contribution is 5.31. The molecule has 2 heteroatoms. The average molecular weight is 268 g/mol. The molecule has 2 rings (SSSR count). The molecule has 0 bridgehead atoms. The summed E-state index contributed by atoms with van der Waals surface area (Å²) in [6.07, 6.45) is 3.38. The maximum absolute atomic E-state index is 10.6. The zero-order valence-electron chi connectivity index (χ0n) is 11.6. The molecular formula is C18H20O2. The second kappa shape index (κ2) is 7.04. The van der Waals surface area contributed by atoms with Gasteiger partial charge in [0.1, 0.15) is 0 Å². The number of rotatable bonds is 5. The summed E-state index contributed by atoms with van der Waals surface area (Å²) in [7, 11) is 0. The SMILES string of the molecule is C/C=C/C(c1ccccc1)C(O)c1ccc(CO)cc1. The molecule has 2 unspecified atom stereocenters. The van der Waals surface area contributed by atoms with Crippen LogP contribution in [0.15, 0.2) is 66.7 Å². The van der Waals surface area contributed by atoms with Crippen molar-refractivity contribution in [1.29, 1.82) is 0 Å². The number of hydrogen-bond acceptors (Lipinski definition) is 2. The van der Waals surface area contributed by atoms with Gasteiger partial charge < -0.3 is 10.2 Å². The zero-order valence-corrected chi connectivity index (χ0v) is 11.6. The monoisotopic (exact) mass is 268 g/mol. The third-order valence-electron chi connectivity index (χ3n) is 3.43. The van der Waals surface area contributed by atoms with Crippen molar-refractivity contribution >= 4 is 0 Å². The maximum Gasteiger partial charge on any atom is 0.0893 e. The van der Waals surface area contributed by atoms with Gasteiger partial charge in [-0.3, -0.25) is 0 Å². The summed E-state index contributed by atoms with van der Waals surface area (Å²) in [6, 6.07) is 17.4. The van der Waals surface area contributed by atoms with E-state index in [0.29, 0.717) is 0 Å². The Morgan fingerprint density at radius 2 is 1.60 bits per heavy atom. The van der Waals surface area contributed by atoms with Gasteiger partial charge in [0.05, 0.1) is 12.7 Å². The number of benzene rings is 2. The predicted molar refractivity (Wildman–Crippen MR) is 81.3 cm³/mol. The van der Waals surface area contributed by atoms with Crippen LogP contribution in [-0.2, 0) is 6.61 Å². The van der Waals surface area contributed by atoms with Gasteiger partial charge in [0.25, 0.3) is 0 Å². The lowest BCUT2D eigenvalue weighted by atomic mass is 9.88. The van der Waals surface area contributed by atoms with E-state index < -0.39 is 6.10 Å². The van der Waals surface area contributed by atoms with E-state index in [1.54, 1.807) is 0 Å². The summed E-state index contributed by atoms with van der Waals surface area (Å²) in [5.74, 6) is -0.0684. The smallest absolute Gasteiger partial charge is 0.0893 e. The highest BCUT2D eigenvalue weighted by Crippen LogP contribution is 2.32. The number of aliphatic hydroxyl groups excluding tert-OH is 2. The Morgan fingerprint density at radius 3 is 2.15 bits per heavy atom. The van der Waals surface area contributed by atoms with Crippen molar-refractivity contribution in [1.82, 2.24) is 0 Å². The summed E-state index contributed by atoms with van der Waals surface area (Å²) in [4.78, 5) is 0.